The lowest BCUT2D eigenvalue weighted by molar-refractivity contribution is -0.141. The minimum absolute atomic E-state index is 0.0290. The van der Waals surface area contributed by atoms with E-state index < -0.39 is 22.0 Å². The normalized spacial score (nSPS) is 13.2. The van der Waals surface area contributed by atoms with Gasteiger partial charge < -0.3 is 5.11 Å². The van der Waals surface area contributed by atoms with E-state index in [2.05, 4.69) is 5.10 Å². The largest absolute Gasteiger partial charge is 0.480 e. The fourth-order valence-electron chi connectivity index (χ4n) is 2.44. The number of likely N-dealkylation sites (N-methyl/N-ethyl adjacent to an activating group) is 1. The summed E-state index contributed by atoms with van der Waals surface area (Å²) in [7, 11) is -2.44. The highest BCUT2D eigenvalue weighted by molar-refractivity contribution is 7.89. The highest BCUT2D eigenvalue weighted by Crippen LogP contribution is 2.20. The topological polar surface area (TPSA) is 92.5 Å². The summed E-state index contributed by atoms with van der Waals surface area (Å²) < 4.78 is 27.8. The summed E-state index contributed by atoms with van der Waals surface area (Å²) in [5.41, 5.74) is 0.763. The molecular weight excluding hydrogens is 318 g/mol. The maximum atomic E-state index is 12.8. The molecule has 1 aromatic heterocycles. The first kappa shape index (κ1) is 17.2. The van der Waals surface area contributed by atoms with Gasteiger partial charge in [0.05, 0.1) is 6.20 Å². The lowest BCUT2D eigenvalue weighted by Gasteiger charge is -2.27. The summed E-state index contributed by atoms with van der Waals surface area (Å²) in [6, 6.07) is 9.14. The van der Waals surface area contributed by atoms with Crippen molar-refractivity contribution in [2.45, 2.75) is 24.4 Å². The van der Waals surface area contributed by atoms with Crippen molar-refractivity contribution in [3.05, 3.63) is 48.2 Å². The standard InChI is InChI=1S/C15H19N3O4S/c1-3-18(23(21,22)14-9-10-16-17(14)2)13(15(19)20)11-12-7-5-4-6-8-12/h4-10,13H,3,11H2,1-2H3,(H,19,20). The lowest BCUT2D eigenvalue weighted by atomic mass is 10.1. The van der Waals surface area contributed by atoms with Crippen LogP contribution in [0.1, 0.15) is 12.5 Å². The van der Waals surface area contributed by atoms with Crippen molar-refractivity contribution in [1.82, 2.24) is 14.1 Å². The second-order valence-corrected chi connectivity index (χ2v) is 6.88. The Morgan fingerprint density at radius 2 is 1.96 bits per heavy atom. The summed E-state index contributed by atoms with van der Waals surface area (Å²) in [6.45, 7) is 1.67. The number of sulfonamides is 1. The summed E-state index contributed by atoms with van der Waals surface area (Å²) >= 11 is 0. The van der Waals surface area contributed by atoms with Gasteiger partial charge in [-0.3, -0.25) is 9.48 Å². The first-order valence-corrected chi connectivity index (χ1v) is 8.58. The number of carbonyl (C=O) groups is 1. The Bertz CT molecular complexity index is 771. The zero-order chi connectivity index (χ0) is 17.0. The van der Waals surface area contributed by atoms with Crippen LogP contribution in [-0.2, 0) is 28.3 Å². The smallest absolute Gasteiger partial charge is 0.322 e. The molecule has 1 aromatic carbocycles. The van der Waals surface area contributed by atoms with E-state index in [0.29, 0.717) is 0 Å². The number of hydrogen-bond acceptors (Lipinski definition) is 4. The molecule has 0 saturated carbocycles. The molecule has 0 aliphatic heterocycles. The van der Waals surface area contributed by atoms with Crippen molar-refractivity contribution in [1.29, 1.82) is 0 Å². The highest BCUT2D eigenvalue weighted by atomic mass is 32.2. The van der Waals surface area contributed by atoms with E-state index in [9.17, 15) is 18.3 Å². The molecule has 0 spiro atoms. The Kier molecular flexibility index (Phi) is 5.17. The van der Waals surface area contributed by atoms with Crippen LogP contribution in [0, 0.1) is 0 Å². The third-order valence-electron chi connectivity index (χ3n) is 3.57. The van der Waals surface area contributed by atoms with Crippen molar-refractivity contribution in [2.24, 2.45) is 7.05 Å². The van der Waals surface area contributed by atoms with E-state index in [4.69, 9.17) is 0 Å². The van der Waals surface area contributed by atoms with E-state index in [-0.39, 0.29) is 18.0 Å². The van der Waals surface area contributed by atoms with Crippen molar-refractivity contribution in [3.8, 4) is 0 Å². The maximum absolute atomic E-state index is 12.8. The van der Waals surface area contributed by atoms with Crippen LogP contribution in [0.15, 0.2) is 47.6 Å². The Labute approximate surface area is 135 Å². The van der Waals surface area contributed by atoms with Gasteiger partial charge in [0, 0.05) is 13.6 Å². The third kappa shape index (κ3) is 3.59. The molecule has 1 atom stereocenters. The second-order valence-electron chi connectivity index (χ2n) is 5.05. The fraction of sp³-hybridized carbons (Fsp3) is 0.333. The summed E-state index contributed by atoms with van der Waals surface area (Å²) in [5.74, 6) is -1.18. The maximum Gasteiger partial charge on any atom is 0.322 e. The molecule has 0 aliphatic carbocycles. The number of aliphatic carboxylic acids is 1. The number of carboxylic acids is 1. The lowest BCUT2D eigenvalue weighted by Crippen LogP contribution is -2.46. The van der Waals surface area contributed by atoms with Crippen molar-refractivity contribution in [2.75, 3.05) is 6.54 Å². The molecule has 0 amide bonds. The van der Waals surface area contributed by atoms with Crippen LogP contribution in [0.3, 0.4) is 0 Å². The Morgan fingerprint density at radius 1 is 1.30 bits per heavy atom. The molecule has 2 rings (SSSR count). The van der Waals surface area contributed by atoms with Gasteiger partial charge in [-0.25, -0.2) is 8.42 Å². The molecule has 7 nitrogen and oxygen atoms in total. The van der Waals surface area contributed by atoms with E-state index in [1.54, 1.807) is 31.2 Å². The third-order valence-corrected chi connectivity index (χ3v) is 5.62. The van der Waals surface area contributed by atoms with Crippen molar-refractivity contribution >= 4 is 16.0 Å². The van der Waals surface area contributed by atoms with Gasteiger partial charge in [0.25, 0.3) is 10.0 Å². The van der Waals surface area contributed by atoms with E-state index in [1.165, 1.54) is 24.0 Å². The molecular formula is C15H19N3O4S. The zero-order valence-electron chi connectivity index (χ0n) is 13.0. The second kappa shape index (κ2) is 6.93. The minimum Gasteiger partial charge on any atom is -0.480 e. The first-order valence-electron chi connectivity index (χ1n) is 7.14. The van der Waals surface area contributed by atoms with Gasteiger partial charge in [0.2, 0.25) is 0 Å². The molecule has 124 valence electrons. The molecule has 0 aliphatic rings. The monoisotopic (exact) mass is 337 g/mol. The van der Waals surface area contributed by atoms with Crippen LogP contribution >= 0.6 is 0 Å². The fourth-order valence-corrected chi connectivity index (χ4v) is 4.14. The molecule has 0 bridgehead atoms. The number of aromatic nitrogens is 2. The molecule has 0 saturated heterocycles. The molecule has 1 unspecified atom stereocenters. The minimum atomic E-state index is -3.95. The SMILES string of the molecule is CCN(C(Cc1ccccc1)C(=O)O)S(=O)(=O)c1ccnn1C. The Hall–Kier alpha value is -2.19. The molecule has 0 radical (unpaired) electrons. The Balaban J connectivity index is 2.39. The van der Waals surface area contributed by atoms with Gasteiger partial charge in [0.1, 0.15) is 6.04 Å². The number of aryl methyl sites for hydroxylation is 1. The number of hydrogen-bond donors (Lipinski definition) is 1. The number of rotatable bonds is 7. The summed E-state index contributed by atoms with van der Waals surface area (Å²) in [5, 5.41) is 13.4. The first-order chi connectivity index (χ1) is 10.9. The van der Waals surface area contributed by atoms with Crippen LogP contribution in [-0.4, -0.2) is 46.2 Å². The van der Waals surface area contributed by atoms with Crippen molar-refractivity contribution in [3.63, 3.8) is 0 Å². The highest BCUT2D eigenvalue weighted by Gasteiger charge is 2.36. The Morgan fingerprint density at radius 3 is 2.43 bits per heavy atom. The number of benzene rings is 1. The molecule has 23 heavy (non-hydrogen) atoms. The molecule has 0 fully saturated rings. The molecule has 2 aromatic rings. The predicted octanol–water partition coefficient (Wildman–Crippen LogP) is 1.13. The van der Waals surface area contributed by atoms with E-state index in [0.717, 1.165) is 9.87 Å². The number of carboxylic acid groups (broad SMARTS) is 1. The zero-order valence-corrected chi connectivity index (χ0v) is 13.8. The van der Waals surface area contributed by atoms with Crippen molar-refractivity contribution < 1.29 is 18.3 Å². The quantitative estimate of drug-likeness (QED) is 0.817. The van der Waals surface area contributed by atoms with Gasteiger partial charge >= 0.3 is 5.97 Å². The van der Waals surface area contributed by atoms with E-state index >= 15 is 0 Å². The summed E-state index contributed by atoms with van der Waals surface area (Å²) in [4.78, 5) is 11.7. The van der Waals surface area contributed by atoms with E-state index in [1.807, 2.05) is 6.07 Å². The molecule has 8 heteroatoms. The average molecular weight is 337 g/mol. The molecule has 1 N–H and O–H groups in total. The van der Waals surface area contributed by atoms with Crippen LogP contribution < -0.4 is 0 Å². The van der Waals surface area contributed by atoms with Crippen LogP contribution in [0.25, 0.3) is 0 Å². The van der Waals surface area contributed by atoms with Gasteiger partial charge in [-0.1, -0.05) is 37.3 Å². The summed E-state index contributed by atoms with van der Waals surface area (Å²) in [6.07, 6.45) is 1.47. The number of nitrogens with zero attached hydrogens (tertiary/aromatic N) is 3. The van der Waals surface area contributed by atoms with Gasteiger partial charge in [0.15, 0.2) is 5.03 Å². The van der Waals surface area contributed by atoms with Crippen LogP contribution in [0.5, 0.6) is 0 Å². The van der Waals surface area contributed by atoms with Gasteiger partial charge in [-0.2, -0.15) is 9.40 Å². The van der Waals surface area contributed by atoms with Crippen LogP contribution in [0.2, 0.25) is 0 Å². The predicted molar refractivity (Wildman–Crippen MR) is 84.3 cm³/mol. The molecule has 1 heterocycles. The van der Waals surface area contributed by atoms with Gasteiger partial charge in [-0.05, 0) is 18.1 Å². The average Bonchev–Trinajstić information content (AvgIpc) is 2.94. The van der Waals surface area contributed by atoms with Gasteiger partial charge in [-0.15, -0.1) is 0 Å². The van der Waals surface area contributed by atoms with Crippen LogP contribution in [0.4, 0.5) is 0 Å².